The molecule has 1 atom stereocenters. The topological polar surface area (TPSA) is 72.9 Å². The molecule has 0 aromatic heterocycles. The Bertz CT molecular complexity index is 1290. The zero-order valence-corrected chi connectivity index (χ0v) is 18.0. The molecule has 0 aliphatic carbocycles. The van der Waals surface area contributed by atoms with Gasteiger partial charge in [-0.15, -0.1) is 0 Å². The second kappa shape index (κ2) is 8.23. The summed E-state index contributed by atoms with van der Waals surface area (Å²) in [4.78, 5) is 12.3. The Hall–Kier alpha value is -3.46. The second-order valence-corrected chi connectivity index (χ2v) is 8.97. The number of benzene rings is 3. The molecule has 0 saturated carbocycles. The van der Waals surface area contributed by atoms with Gasteiger partial charge in [0.25, 0.3) is 10.0 Å². The standard InChI is InChI=1S/C23H19F2NO5S/c1-30-22-5-3-4-20-18(22)13-21(23(27)31-2)26(20)32(28,29)16-9-6-14(7-10-16)17-11-8-15(24)12-19(17)25/h3-12,21H,13H2,1-2H3. The molecule has 0 N–H and O–H groups in total. The molecule has 0 radical (unpaired) electrons. The van der Waals surface area contributed by atoms with Crippen molar-refractivity contribution in [2.75, 3.05) is 18.5 Å². The van der Waals surface area contributed by atoms with Gasteiger partial charge in [0.05, 0.1) is 24.8 Å². The number of esters is 1. The van der Waals surface area contributed by atoms with E-state index < -0.39 is 33.7 Å². The molecule has 3 aromatic rings. The van der Waals surface area contributed by atoms with E-state index in [4.69, 9.17) is 9.47 Å². The van der Waals surface area contributed by atoms with Crippen LogP contribution in [-0.2, 0) is 26.0 Å². The maximum Gasteiger partial charge on any atom is 0.330 e. The third-order valence-electron chi connectivity index (χ3n) is 5.37. The molecule has 0 saturated heterocycles. The molecule has 9 heteroatoms. The highest BCUT2D eigenvalue weighted by Gasteiger charge is 2.44. The van der Waals surface area contributed by atoms with Gasteiger partial charge < -0.3 is 9.47 Å². The lowest BCUT2D eigenvalue weighted by atomic mass is 10.1. The van der Waals surface area contributed by atoms with Crippen LogP contribution in [0.3, 0.4) is 0 Å². The number of fused-ring (bicyclic) bond motifs is 1. The van der Waals surface area contributed by atoms with Crippen molar-refractivity contribution < 1.29 is 31.5 Å². The first kappa shape index (κ1) is 21.8. The van der Waals surface area contributed by atoms with E-state index in [0.717, 1.165) is 16.4 Å². The van der Waals surface area contributed by atoms with Crippen molar-refractivity contribution in [2.24, 2.45) is 0 Å². The summed E-state index contributed by atoms with van der Waals surface area (Å²) in [5.41, 5.74) is 1.43. The van der Waals surface area contributed by atoms with E-state index >= 15 is 0 Å². The molecule has 0 fully saturated rings. The molecule has 0 bridgehead atoms. The SMILES string of the molecule is COC(=O)C1Cc2c(OC)cccc2N1S(=O)(=O)c1ccc(-c2ccc(F)cc2F)cc1. The van der Waals surface area contributed by atoms with Gasteiger partial charge >= 0.3 is 5.97 Å². The molecular weight excluding hydrogens is 440 g/mol. The fourth-order valence-corrected chi connectivity index (χ4v) is 5.49. The van der Waals surface area contributed by atoms with Gasteiger partial charge in [0, 0.05) is 23.6 Å². The van der Waals surface area contributed by atoms with Gasteiger partial charge in [-0.3, -0.25) is 4.31 Å². The number of rotatable bonds is 5. The van der Waals surface area contributed by atoms with Crippen LogP contribution in [0.4, 0.5) is 14.5 Å². The summed E-state index contributed by atoms with van der Waals surface area (Å²) in [5, 5.41) is 0. The number of carbonyl (C=O) groups is 1. The van der Waals surface area contributed by atoms with E-state index in [-0.39, 0.29) is 16.9 Å². The first-order chi connectivity index (χ1) is 15.3. The summed E-state index contributed by atoms with van der Waals surface area (Å²) in [6.45, 7) is 0. The number of sulfonamides is 1. The minimum Gasteiger partial charge on any atom is -0.496 e. The van der Waals surface area contributed by atoms with Crippen molar-refractivity contribution in [3.63, 3.8) is 0 Å². The minimum absolute atomic E-state index is 0.0895. The third kappa shape index (κ3) is 3.58. The summed E-state index contributed by atoms with van der Waals surface area (Å²) in [7, 11) is -1.51. The van der Waals surface area contributed by atoms with Crippen LogP contribution < -0.4 is 9.04 Å². The Labute approximate surface area is 184 Å². The van der Waals surface area contributed by atoms with Crippen molar-refractivity contribution in [1.82, 2.24) is 0 Å². The predicted octanol–water partition coefficient (Wildman–Crippen LogP) is 3.93. The van der Waals surface area contributed by atoms with Gasteiger partial charge in [0.2, 0.25) is 0 Å². The van der Waals surface area contributed by atoms with Gasteiger partial charge in [-0.25, -0.2) is 22.0 Å². The van der Waals surface area contributed by atoms with Crippen LogP contribution in [-0.4, -0.2) is 34.6 Å². The largest absolute Gasteiger partial charge is 0.496 e. The number of hydrogen-bond donors (Lipinski definition) is 0. The second-order valence-electron chi connectivity index (χ2n) is 7.15. The van der Waals surface area contributed by atoms with Gasteiger partial charge in [-0.1, -0.05) is 18.2 Å². The number of ether oxygens (including phenoxy) is 2. The lowest BCUT2D eigenvalue weighted by Crippen LogP contribution is -2.43. The van der Waals surface area contributed by atoms with E-state index in [1.807, 2.05) is 0 Å². The van der Waals surface area contributed by atoms with Crippen molar-refractivity contribution >= 4 is 21.7 Å². The highest BCUT2D eigenvalue weighted by Crippen LogP contribution is 2.42. The molecule has 166 valence electrons. The number of halogens is 2. The highest BCUT2D eigenvalue weighted by molar-refractivity contribution is 7.93. The summed E-state index contributed by atoms with van der Waals surface area (Å²) in [6.07, 6.45) is 0.101. The first-order valence-electron chi connectivity index (χ1n) is 9.61. The lowest BCUT2D eigenvalue weighted by molar-refractivity contribution is -0.141. The highest BCUT2D eigenvalue weighted by atomic mass is 32.2. The van der Waals surface area contributed by atoms with Gasteiger partial charge in [-0.2, -0.15) is 0 Å². The zero-order valence-electron chi connectivity index (χ0n) is 17.2. The molecule has 1 heterocycles. The summed E-state index contributed by atoms with van der Waals surface area (Å²) < 4.78 is 65.6. The summed E-state index contributed by atoms with van der Waals surface area (Å²) >= 11 is 0. The van der Waals surface area contributed by atoms with Gasteiger partial charge in [0.1, 0.15) is 23.4 Å². The van der Waals surface area contributed by atoms with E-state index in [2.05, 4.69) is 0 Å². The Kier molecular flexibility index (Phi) is 5.60. The molecule has 1 aliphatic heterocycles. The fraction of sp³-hybridized carbons (Fsp3) is 0.174. The van der Waals surface area contributed by atoms with E-state index in [9.17, 15) is 22.0 Å². The van der Waals surface area contributed by atoms with E-state index in [0.29, 0.717) is 22.6 Å². The number of anilines is 1. The molecule has 0 spiro atoms. The molecule has 1 unspecified atom stereocenters. The molecule has 6 nitrogen and oxygen atoms in total. The lowest BCUT2D eigenvalue weighted by Gasteiger charge is -2.25. The van der Waals surface area contributed by atoms with Crippen molar-refractivity contribution in [1.29, 1.82) is 0 Å². The van der Waals surface area contributed by atoms with Crippen molar-refractivity contribution in [3.8, 4) is 16.9 Å². The van der Waals surface area contributed by atoms with E-state index in [1.54, 1.807) is 18.2 Å². The maximum absolute atomic E-state index is 14.1. The Morgan fingerprint density at radius 3 is 2.38 bits per heavy atom. The molecule has 0 amide bonds. The smallest absolute Gasteiger partial charge is 0.330 e. The van der Waals surface area contributed by atoms with E-state index in [1.165, 1.54) is 44.6 Å². The monoisotopic (exact) mass is 459 g/mol. The van der Waals surface area contributed by atoms with Crippen LogP contribution in [0.5, 0.6) is 5.75 Å². The number of carbonyl (C=O) groups excluding carboxylic acids is 1. The Morgan fingerprint density at radius 2 is 1.75 bits per heavy atom. The molecular formula is C23H19F2NO5S. The molecule has 32 heavy (non-hydrogen) atoms. The molecule has 3 aromatic carbocycles. The average molecular weight is 459 g/mol. The maximum atomic E-state index is 14.1. The fourth-order valence-electron chi connectivity index (χ4n) is 3.86. The van der Waals surface area contributed by atoms with Crippen LogP contribution in [0, 0.1) is 11.6 Å². The zero-order chi connectivity index (χ0) is 23.0. The number of nitrogens with zero attached hydrogens (tertiary/aromatic N) is 1. The third-order valence-corrected chi connectivity index (χ3v) is 7.21. The van der Waals surface area contributed by atoms with Crippen LogP contribution in [0.15, 0.2) is 65.6 Å². The van der Waals surface area contributed by atoms with Gasteiger partial charge in [0.15, 0.2) is 0 Å². The van der Waals surface area contributed by atoms with Crippen LogP contribution in [0.2, 0.25) is 0 Å². The quantitative estimate of drug-likeness (QED) is 0.541. The Morgan fingerprint density at radius 1 is 1.03 bits per heavy atom. The number of methoxy groups -OCH3 is 2. The summed E-state index contributed by atoms with van der Waals surface area (Å²) in [5.74, 6) is -1.69. The van der Waals surface area contributed by atoms with Crippen molar-refractivity contribution in [3.05, 3.63) is 77.9 Å². The van der Waals surface area contributed by atoms with Crippen LogP contribution >= 0.6 is 0 Å². The predicted molar refractivity (Wildman–Crippen MR) is 114 cm³/mol. The van der Waals surface area contributed by atoms with Crippen LogP contribution in [0.1, 0.15) is 5.56 Å². The average Bonchev–Trinajstić information content (AvgIpc) is 3.19. The first-order valence-corrected chi connectivity index (χ1v) is 11.1. The molecule has 4 rings (SSSR count). The minimum atomic E-state index is -4.17. The van der Waals surface area contributed by atoms with Crippen molar-refractivity contribution in [2.45, 2.75) is 17.4 Å². The molecule has 1 aliphatic rings. The Balaban J connectivity index is 1.77. The number of hydrogen-bond acceptors (Lipinski definition) is 5. The summed E-state index contributed by atoms with van der Waals surface area (Å²) in [6, 6.07) is 12.5. The van der Waals surface area contributed by atoms with Gasteiger partial charge in [-0.05, 0) is 42.0 Å². The van der Waals surface area contributed by atoms with Crippen LogP contribution in [0.25, 0.3) is 11.1 Å². The normalized spacial score (nSPS) is 15.4.